The number of aliphatic hydroxyl groups is 1. The minimum absolute atomic E-state index is 0. The summed E-state index contributed by atoms with van der Waals surface area (Å²) in [6.07, 6.45) is 1.36. The quantitative estimate of drug-likeness (QED) is 0.340. The van der Waals surface area contributed by atoms with Gasteiger partial charge in [-0.2, -0.15) is 4.31 Å². The third-order valence-corrected chi connectivity index (χ3v) is 9.72. The molecule has 8 nitrogen and oxygen atoms in total. The molecule has 1 aliphatic rings. The van der Waals surface area contributed by atoms with Gasteiger partial charge in [-0.25, -0.2) is 13.4 Å². The second-order valence-electron chi connectivity index (χ2n) is 8.27. The molecule has 2 aromatic carbocycles. The van der Waals surface area contributed by atoms with Crippen molar-refractivity contribution in [2.24, 2.45) is 4.99 Å². The van der Waals surface area contributed by atoms with E-state index in [9.17, 15) is 13.5 Å². The molecule has 0 spiro atoms. The van der Waals surface area contributed by atoms with Crippen molar-refractivity contribution in [2.75, 3.05) is 40.1 Å². The molecule has 1 heterocycles. The minimum atomic E-state index is -3.84. The van der Waals surface area contributed by atoms with E-state index >= 15 is 0 Å². The zero-order valence-electron chi connectivity index (χ0n) is 21.3. The standard InChI is InChI=1S/C24H31Cl2N3O5S2.BrH/c1-6-10-29(11-7-2)36(31,32)22-12-16(8-9-17(22)25)24(30)15-35-23(28(24)3)27-19-13-18(26)20(33-4)14-21(19)34-5;/h8-9,12-14,30H,6-7,10-11,15H2,1-5H3;1H/b27-23+;. The summed E-state index contributed by atoms with van der Waals surface area (Å²) in [5.41, 5.74) is -0.642. The first kappa shape index (κ1) is 32.0. The van der Waals surface area contributed by atoms with Gasteiger partial charge in [0.15, 0.2) is 10.9 Å². The molecule has 13 heteroatoms. The monoisotopic (exact) mass is 655 g/mol. The Morgan fingerprint density at radius 3 is 2.27 bits per heavy atom. The van der Waals surface area contributed by atoms with E-state index in [1.54, 1.807) is 30.1 Å². The maximum atomic E-state index is 13.4. The summed E-state index contributed by atoms with van der Waals surface area (Å²) in [6, 6.07) is 7.87. The van der Waals surface area contributed by atoms with Crippen molar-refractivity contribution in [2.45, 2.75) is 37.3 Å². The SMILES string of the molecule is Br.CCCN(CCC)S(=O)(=O)c1cc(C2(O)CS/C(=N/c3cc(Cl)c(OC)cc3OC)N2C)ccc1Cl. The number of hydrogen-bond donors (Lipinski definition) is 1. The number of methoxy groups -OCH3 is 2. The first-order valence-corrected chi connectivity index (χ1v) is 14.6. The summed E-state index contributed by atoms with van der Waals surface area (Å²) >= 11 is 14.0. The van der Waals surface area contributed by atoms with Crippen LogP contribution in [0.25, 0.3) is 0 Å². The van der Waals surface area contributed by atoms with Gasteiger partial charge in [0.1, 0.15) is 22.1 Å². The Balaban J connectivity index is 0.00000481. The number of thioether (sulfide) groups is 1. The molecule has 1 saturated heterocycles. The lowest BCUT2D eigenvalue weighted by molar-refractivity contribution is -0.0349. The Kier molecular flexibility index (Phi) is 11.4. The highest BCUT2D eigenvalue weighted by Gasteiger charge is 2.43. The zero-order valence-corrected chi connectivity index (χ0v) is 26.2. The Labute approximate surface area is 243 Å². The molecule has 1 atom stereocenters. The molecule has 0 amide bonds. The molecule has 0 bridgehead atoms. The fraction of sp³-hybridized carbons (Fsp3) is 0.458. The molecule has 3 rings (SSSR count). The maximum Gasteiger partial charge on any atom is 0.244 e. The van der Waals surface area contributed by atoms with Crippen molar-refractivity contribution in [3.8, 4) is 11.5 Å². The van der Waals surface area contributed by atoms with E-state index in [0.29, 0.717) is 58.9 Å². The lowest BCUT2D eigenvalue weighted by Crippen LogP contribution is -2.42. The highest BCUT2D eigenvalue weighted by molar-refractivity contribution is 8.93. The van der Waals surface area contributed by atoms with Gasteiger partial charge in [-0.1, -0.05) is 54.9 Å². The number of amidine groups is 1. The number of ether oxygens (including phenoxy) is 2. The molecule has 206 valence electrons. The Morgan fingerprint density at radius 1 is 1.08 bits per heavy atom. The van der Waals surface area contributed by atoms with Crippen molar-refractivity contribution < 1.29 is 23.0 Å². The normalized spacial score (nSPS) is 18.8. The van der Waals surface area contributed by atoms with Gasteiger partial charge in [-0.15, -0.1) is 17.0 Å². The summed E-state index contributed by atoms with van der Waals surface area (Å²) in [5.74, 6) is 1.14. The average Bonchev–Trinajstić information content (AvgIpc) is 3.13. The van der Waals surface area contributed by atoms with Crippen LogP contribution in [0.5, 0.6) is 11.5 Å². The maximum absolute atomic E-state index is 13.4. The topological polar surface area (TPSA) is 91.7 Å². The molecule has 0 aliphatic carbocycles. The molecule has 1 unspecified atom stereocenters. The number of nitrogens with zero attached hydrogens (tertiary/aromatic N) is 3. The second-order valence-corrected chi connectivity index (χ2v) is 11.9. The third-order valence-electron chi connectivity index (χ3n) is 5.87. The molecule has 37 heavy (non-hydrogen) atoms. The lowest BCUT2D eigenvalue weighted by atomic mass is 10.0. The summed E-state index contributed by atoms with van der Waals surface area (Å²) in [5, 5.41) is 12.7. The highest BCUT2D eigenvalue weighted by atomic mass is 79.9. The molecule has 0 radical (unpaired) electrons. The summed E-state index contributed by atoms with van der Waals surface area (Å²) in [6.45, 7) is 4.63. The van der Waals surface area contributed by atoms with Gasteiger partial charge in [0.2, 0.25) is 10.0 Å². The van der Waals surface area contributed by atoms with Gasteiger partial charge >= 0.3 is 0 Å². The Hall–Kier alpha value is -1.21. The van der Waals surface area contributed by atoms with Crippen LogP contribution in [0.15, 0.2) is 40.2 Å². The van der Waals surface area contributed by atoms with E-state index < -0.39 is 15.7 Å². The van der Waals surface area contributed by atoms with Crippen molar-refractivity contribution in [3.63, 3.8) is 0 Å². The summed E-state index contributed by atoms with van der Waals surface area (Å²) < 4.78 is 39.0. The first-order valence-electron chi connectivity index (χ1n) is 11.4. The largest absolute Gasteiger partial charge is 0.495 e. The lowest BCUT2D eigenvalue weighted by Gasteiger charge is -2.32. The predicted octanol–water partition coefficient (Wildman–Crippen LogP) is 5.91. The molecule has 1 fully saturated rings. The molecule has 0 saturated carbocycles. The summed E-state index contributed by atoms with van der Waals surface area (Å²) in [7, 11) is 0.880. The highest BCUT2D eigenvalue weighted by Crippen LogP contribution is 2.43. The molecule has 1 aliphatic heterocycles. The van der Waals surface area contributed by atoms with Crippen molar-refractivity contribution in [1.82, 2.24) is 9.21 Å². The van der Waals surface area contributed by atoms with E-state index in [1.807, 2.05) is 13.8 Å². The van der Waals surface area contributed by atoms with Crippen LogP contribution in [0.4, 0.5) is 5.69 Å². The second kappa shape index (κ2) is 13.2. The number of sulfonamides is 1. The molecular weight excluding hydrogens is 625 g/mol. The van der Waals surface area contributed by atoms with Crippen molar-refractivity contribution in [3.05, 3.63) is 45.9 Å². The molecule has 0 aromatic heterocycles. The summed E-state index contributed by atoms with van der Waals surface area (Å²) in [4.78, 5) is 6.24. The Morgan fingerprint density at radius 2 is 1.70 bits per heavy atom. The van der Waals surface area contributed by atoms with E-state index in [0.717, 1.165) is 0 Å². The van der Waals surface area contributed by atoms with E-state index in [2.05, 4.69) is 4.99 Å². The van der Waals surface area contributed by atoms with Crippen LogP contribution in [0.3, 0.4) is 0 Å². The van der Waals surface area contributed by atoms with Crippen molar-refractivity contribution in [1.29, 1.82) is 0 Å². The van der Waals surface area contributed by atoms with Crippen LogP contribution >= 0.6 is 51.9 Å². The van der Waals surface area contributed by atoms with Crippen LogP contribution in [0.1, 0.15) is 32.3 Å². The van der Waals surface area contributed by atoms with Crippen LogP contribution in [-0.2, 0) is 15.7 Å². The number of halogens is 3. The Bertz CT molecular complexity index is 1240. The predicted molar refractivity (Wildman–Crippen MR) is 157 cm³/mol. The van der Waals surface area contributed by atoms with Gasteiger partial charge in [0.05, 0.1) is 30.0 Å². The minimum Gasteiger partial charge on any atom is -0.495 e. The first-order chi connectivity index (χ1) is 17.0. The zero-order chi connectivity index (χ0) is 26.7. The van der Waals surface area contributed by atoms with Crippen LogP contribution < -0.4 is 9.47 Å². The van der Waals surface area contributed by atoms with Gasteiger partial charge in [0.25, 0.3) is 0 Å². The van der Waals surface area contributed by atoms with Gasteiger partial charge in [-0.05, 0) is 31.0 Å². The third kappa shape index (κ3) is 6.51. The van der Waals surface area contributed by atoms with Gasteiger partial charge in [-0.3, -0.25) is 0 Å². The number of hydrogen-bond acceptors (Lipinski definition) is 7. The average molecular weight is 657 g/mol. The molecule has 1 N–H and O–H groups in total. The molecule has 2 aromatic rings. The number of aliphatic imine (C=N–C) groups is 1. The van der Waals surface area contributed by atoms with Crippen LogP contribution in [-0.4, -0.2) is 68.0 Å². The van der Waals surface area contributed by atoms with Gasteiger partial charge in [0, 0.05) is 31.8 Å². The fourth-order valence-corrected chi connectivity index (χ4v) is 7.43. The van der Waals surface area contributed by atoms with Crippen LogP contribution in [0, 0.1) is 0 Å². The number of rotatable bonds is 10. The molecular formula is C24H32BrCl2N3O5S2. The van der Waals surface area contributed by atoms with E-state index in [4.69, 9.17) is 32.7 Å². The number of benzene rings is 2. The fourth-order valence-electron chi connectivity index (χ4n) is 3.88. The van der Waals surface area contributed by atoms with Crippen LogP contribution in [0.2, 0.25) is 10.0 Å². The smallest absolute Gasteiger partial charge is 0.244 e. The van der Waals surface area contributed by atoms with Crippen molar-refractivity contribution >= 4 is 72.8 Å². The van der Waals surface area contributed by atoms with E-state index in [-0.39, 0.29) is 32.7 Å². The van der Waals surface area contributed by atoms with Gasteiger partial charge < -0.3 is 19.5 Å². The van der Waals surface area contributed by atoms with E-state index in [1.165, 1.54) is 42.4 Å².